The average molecular weight is 367 g/mol. The Bertz CT molecular complexity index is 1030. The summed E-state index contributed by atoms with van der Waals surface area (Å²) in [5.41, 5.74) is 9.93. The predicted molar refractivity (Wildman–Crippen MR) is 94.8 cm³/mol. The molecule has 128 valence electrons. The minimum absolute atomic E-state index is 0.797. The zero-order valence-corrected chi connectivity index (χ0v) is 15.0. The van der Waals surface area contributed by atoms with Gasteiger partial charge in [-0.1, -0.05) is 0 Å². The number of aryl methyl sites for hydroxylation is 1. The van der Waals surface area contributed by atoms with E-state index in [0.717, 1.165) is 27.2 Å². The van der Waals surface area contributed by atoms with Gasteiger partial charge in [0, 0.05) is 17.8 Å². The SMILES string of the molecule is Cc1cc(N)cc2sc3cc(=[N+](C)C)ccc-3nc12.O=S(=O)([O-])O. The lowest BCUT2D eigenvalue weighted by Crippen LogP contribution is -2.21. The van der Waals surface area contributed by atoms with Gasteiger partial charge in [-0.3, -0.25) is 4.55 Å². The summed E-state index contributed by atoms with van der Waals surface area (Å²) >= 11 is 1.74. The van der Waals surface area contributed by atoms with E-state index in [0.29, 0.717) is 0 Å². The third-order valence-electron chi connectivity index (χ3n) is 3.20. The van der Waals surface area contributed by atoms with Crippen LogP contribution in [0.15, 0.2) is 30.3 Å². The molecule has 0 saturated carbocycles. The summed E-state index contributed by atoms with van der Waals surface area (Å²) < 4.78 is 36.1. The van der Waals surface area contributed by atoms with Gasteiger partial charge in [-0.15, -0.1) is 11.3 Å². The lowest BCUT2D eigenvalue weighted by Gasteiger charge is -2.08. The van der Waals surface area contributed by atoms with Crippen LogP contribution in [0.25, 0.3) is 20.8 Å². The second-order valence-electron chi connectivity index (χ2n) is 5.37. The zero-order chi connectivity index (χ0) is 18.1. The Morgan fingerprint density at radius 2 is 1.88 bits per heavy atom. The second-order valence-corrected chi connectivity index (χ2v) is 7.31. The quantitative estimate of drug-likeness (QED) is 0.203. The number of fused-ring (bicyclic) bond motifs is 2. The van der Waals surface area contributed by atoms with Crippen molar-refractivity contribution < 1.29 is 17.5 Å². The third kappa shape index (κ3) is 4.71. The molecule has 1 aromatic rings. The van der Waals surface area contributed by atoms with Crippen LogP contribution in [0.1, 0.15) is 5.56 Å². The Morgan fingerprint density at radius 1 is 1.25 bits per heavy atom. The smallest absolute Gasteiger partial charge is 0.215 e. The molecule has 3 rings (SSSR count). The van der Waals surface area contributed by atoms with E-state index in [1.165, 1.54) is 10.2 Å². The fourth-order valence-electron chi connectivity index (χ4n) is 2.19. The molecule has 0 aromatic heterocycles. The molecule has 9 heteroatoms. The van der Waals surface area contributed by atoms with Crippen molar-refractivity contribution in [2.24, 2.45) is 0 Å². The molecule has 0 amide bonds. The zero-order valence-electron chi connectivity index (χ0n) is 13.3. The van der Waals surface area contributed by atoms with E-state index in [1.807, 2.05) is 26.2 Å². The van der Waals surface area contributed by atoms with Crippen LogP contribution in [0.2, 0.25) is 0 Å². The fraction of sp³-hybridized carbons (Fsp3) is 0.200. The lowest BCUT2D eigenvalue weighted by molar-refractivity contribution is 0.366. The maximum Gasteiger partial charge on any atom is 0.215 e. The summed E-state index contributed by atoms with van der Waals surface area (Å²) in [6, 6.07) is 10.3. The van der Waals surface area contributed by atoms with E-state index in [-0.39, 0.29) is 0 Å². The summed E-state index contributed by atoms with van der Waals surface area (Å²) in [5, 5.41) is 1.19. The molecule has 0 spiro atoms. The standard InChI is InChI=1S/C15H15N3S.H2O4S/c1-9-6-10(16)7-14-15(9)17-12-5-4-11(18(2)3)8-13(12)19-14;1-5(2,3)4/h4-8,16H,1-3H3;(H2,1,2,3,4). The average Bonchev–Trinajstić information content (AvgIpc) is 2.43. The van der Waals surface area contributed by atoms with Gasteiger partial charge in [-0.05, 0) is 30.7 Å². The number of nitrogen functional groups attached to an aromatic ring is 1. The molecule has 0 bridgehead atoms. The Labute approximate surface area is 143 Å². The van der Waals surface area contributed by atoms with E-state index < -0.39 is 10.4 Å². The van der Waals surface area contributed by atoms with Gasteiger partial charge in [0.1, 0.15) is 14.1 Å². The minimum atomic E-state index is -4.92. The fourth-order valence-corrected chi connectivity index (χ4v) is 3.32. The Kier molecular flexibility index (Phi) is 5.19. The summed E-state index contributed by atoms with van der Waals surface area (Å²) in [6.45, 7) is 2.05. The highest BCUT2D eigenvalue weighted by Gasteiger charge is 2.10. The summed E-state index contributed by atoms with van der Waals surface area (Å²) in [6.07, 6.45) is 0. The highest BCUT2D eigenvalue weighted by Crippen LogP contribution is 2.32. The summed E-state index contributed by atoms with van der Waals surface area (Å²) in [5.74, 6) is 0. The number of rotatable bonds is 0. The van der Waals surface area contributed by atoms with Crippen LogP contribution in [0, 0.1) is 6.92 Å². The molecule has 3 N–H and O–H groups in total. The first kappa shape index (κ1) is 18.3. The molecule has 0 saturated heterocycles. The highest BCUT2D eigenvalue weighted by atomic mass is 32.3. The molecule has 0 unspecified atom stereocenters. The maximum absolute atomic E-state index is 8.63. The van der Waals surface area contributed by atoms with Crippen molar-refractivity contribution in [2.45, 2.75) is 6.92 Å². The molecule has 1 aliphatic carbocycles. The van der Waals surface area contributed by atoms with Crippen LogP contribution in [0.3, 0.4) is 0 Å². The predicted octanol–water partition coefficient (Wildman–Crippen LogP) is 1.33. The minimum Gasteiger partial charge on any atom is -0.726 e. The van der Waals surface area contributed by atoms with Crippen molar-refractivity contribution in [2.75, 3.05) is 19.8 Å². The van der Waals surface area contributed by atoms with E-state index in [4.69, 9.17) is 28.2 Å². The molecule has 0 atom stereocenters. The third-order valence-corrected chi connectivity index (χ3v) is 4.28. The number of anilines is 1. The Balaban J connectivity index is 0.000000368. The van der Waals surface area contributed by atoms with Crippen LogP contribution in [0.5, 0.6) is 0 Å². The van der Waals surface area contributed by atoms with Gasteiger partial charge in [-0.25, -0.2) is 18.0 Å². The normalized spacial score (nSPS) is 11.2. The maximum atomic E-state index is 8.63. The Hall–Kier alpha value is -2.07. The van der Waals surface area contributed by atoms with Crippen LogP contribution in [-0.2, 0) is 10.4 Å². The summed E-state index contributed by atoms with van der Waals surface area (Å²) in [7, 11) is -0.828. The van der Waals surface area contributed by atoms with Crippen molar-refractivity contribution >= 4 is 37.6 Å². The van der Waals surface area contributed by atoms with Crippen LogP contribution in [0.4, 0.5) is 5.69 Å². The molecule has 1 aliphatic heterocycles. The van der Waals surface area contributed by atoms with Gasteiger partial charge in [0.05, 0.1) is 20.8 Å². The number of benzene rings is 2. The summed E-state index contributed by atoms with van der Waals surface area (Å²) in [4.78, 5) is 5.94. The van der Waals surface area contributed by atoms with E-state index in [1.54, 1.807) is 11.3 Å². The first-order chi connectivity index (χ1) is 11.0. The molecule has 0 radical (unpaired) electrons. The van der Waals surface area contributed by atoms with Gasteiger partial charge in [0.25, 0.3) is 0 Å². The van der Waals surface area contributed by atoms with Crippen molar-refractivity contribution in [1.82, 2.24) is 9.56 Å². The van der Waals surface area contributed by atoms with Gasteiger partial charge in [0.2, 0.25) is 15.8 Å². The topological polar surface area (TPSA) is 119 Å². The van der Waals surface area contributed by atoms with Crippen LogP contribution in [-0.4, -0.2) is 36.6 Å². The second kappa shape index (κ2) is 6.81. The van der Waals surface area contributed by atoms with Crippen molar-refractivity contribution in [3.63, 3.8) is 0 Å². The first-order valence-corrected chi connectivity index (χ1v) is 9.02. The number of aromatic nitrogens is 1. The van der Waals surface area contributed by atoms with E-state index in [9.17, 15) is 0 Å². The molecule has 7 nitrogen and oxygen atoms in total. The van der Waals surface area contributed by atoms with Gasteiger partial charge >= 0.3 is 0 Å². The number of nitrogens with two attached hydrogens (primary N) is 1. The Morgan fingerprint density at radius 3 is 2.46 bits per heavy atom. The number of nitrogens with zero attached hydrogens (tertiary/aromatic N) is 2. The monoisotopic (exact) mass is 367 g/mol. The molecule has 0 fully saturated rings. The lowest BCUT2D eigenvalue weighted by atomic mass is 10.2. The van der Waals surface area contributed by atoms with Gasteiger partial charge < -0.3 is 10.3 Å². The largest absolute Gasteiger partial charge is 0.726 e. The molecule has 24 heavy (non-hydrogen) atoms. The van der Waals surface area contributed by atoms with Crippen molar-refractivity contribution in [3.8, 4) is 10.6 Å². The van der Waals surface area contributed by atoms with Gasteiger partial charge in [-0.2, -0.15) is 0 Å². The molecular formula is C15H17N3O4S2. The molecular weight excluding hydrogens is 350 g/mol. The number of hydrogen-bond donors (Lipinski definition) is 2. The number of hydrogen-bond acceptors (Lipinski definition) is 6. The van der Waals surface area contributed by atoms with Crippen LogP contribution >= 0.6 is 11.3 Å². The molecule has 1 heterocycles. The highest BCUT2D eigenvalue weighted by molar-refractivity contribution is 7.79. The van der Waals surface area contributed by atoms with Crippen molar-refractivity contribution in [3.05, 3.63) is 41.3 Å². The first-order valence-electron chi connectivity index (χ1n) is 6.84. The molecule has 2 aliphatic rings. The van der Waals surface area contributed by atoms with Crippen LogP contribution < -0.4 is 15.7 Å². The van der Waals surface area contributed by atoms with E-state index in [2.05, 4.69) is 29.7 Å². The van der Waals surface area contributed by atoms with Crippen molar-refractivity contribution in [1.29, 1.82) is 0 Å². The van der Waals surface area contributed by atoms with Gasteiger partial charge in [0.15, 0.2) is 0 Å². The molecule has 1 aromatic carbocycles. The van der Waals surface area contributed by atoms with E-state index >= 15 is 0 Å².